The van der Waals surface area contributed by atoms with Gasteiger partial charge >= 0.3 is 5.97 Å². The fourth-order valence-corrected chi connectivity index (χ4v) is 4.38. The fourth-order valence-electron chi connectivity index (χ4n) is 4.38. The first-order chi connectivity index (χ1) is 17.0. The van der Waals surface area contributed by atoms with Crippen molar-refractivity contribution in [3.8, 4) is 5.75 Å². The van der Waals surface area contributed by atoms with Crippen LogP contribution in [0.3, 0.4) is 0 Å². The number of rotatable bonds is 9. The maximum Gasteiger partial charge on any atom is 0.306 e. The van der Waals surface area contributed by atoms with Gasteiger partial charge in [0.25, 0.3) is 11.8 Å². The predicted molar refractivity (Wildman–Crippen MR) is 134 cm³/mol. The zero-order valence-corrected chi connectivity index (χ0v) is 19.5. The number of carboxylic acids is 1. The summed E-state index contributed by atoms with van der Waals surface area (Å²) in [7, 11) is 0. The first-order valence-electron chi connectivity index (χ1n) is 12.0. The third-order valence-corrected chi connectivity index (χ3v) is 6.51. The van der Waals surface area contributed by atoms with E-state index in [4.69, 9.17) is 9.84 Å². The van der Waals surface area contributed by atoms with E-state index < -0.39 is 5.97 Å². The number of hydrogen-bond donors (Lipinski definition) is 3. The van der Waals surface area contributed by atoms with Crippen molar-refractivity contribution in [3.63, 3.8) is 0 Å². The summed E-state index contributed by atoms with van der Waals surface area (Å²) < 4.78 is 5.84. The molecule has 1 saturated carbocycles. The summed E-state index contributed by atoms with van der Waals surface area (Å²) in [6, 6.07) is 20.4. The van der Waals surface area contributed by atoms with Gasteiger partial charge in [-0.1, -0.05) is 30.3 Å². The van der Waals surface area contributed by atoms with Crippen molar-refractivity contribution in [1.29, 1.82) is 0 Å². The molecule has 3 aromatic rings. The first kappa shape index (κ1) is 24.3. The lowest BCUT2D eigenvalue weighted by atomic mass is 9.82. The van der Waals surface area contributed by atoms with Gasteiger partial charge in [-0.3, -0.25) is 14.4 Å². The number of amides is 2. The molecule has 0 bridgehead atoms. The van der Waals surface area contributed by atoms with E-state index in [-0.39, 0.29) is 17.7 Å². The van der Waals surface area contributed by atoms with Crippen LogP contribution in [-0.4, -0.2) is 42.6 Å². The monoisotopic (exact) mass is 474 g/mol. The van der Waals surface area contributed by atoms with E-state index in [1.807, 2.05) is 36.4 Å². The topological polar surface area (TPSA) is 105 Å². The maximum atomic E-state index is 12.4. The average molecular weight is 475 g/mol. The molecule has 1 fully saturated rings. The van der Waals surface area contributed by atoms with Gasteiger partial charge in [0.2, 0.25) is 0 Å². The SMILES string of the molecule is O=C(NCCNC(=O)c1ccc2ccccc2c1)c1ccc(OC[C@H]2CC[C@@H](C(=O)O)CC2)cc1. The van der Waals surface area contributed by atoms with Crippen molar-refractivity contribution in [2.75, 3.05) is 19.7 Å². The predicted octanol–water partition coefficient (Wildman–Crippen LogP) is 4.27. The van der Waals surface area contributed by atoms with Gasteiger partial charge in [0.1, 0.15) is 5.75 Å². The standard InChI is InChI=1S/C28H30N2O5/c31-26(29-15-16-30-27(32)24-10-9-20-3-1-2-4-23(20)17-24)21-11-13-25(14-12-21)35-18-19-5-7-22(8-6-19)28(33)34/h1-4,9-14,17,19,22H,5-8,15-16,18H2,(H,29,31)(H,30,32)(H,33,34)/t19-,22+. The van der Waals surface area contributed by atoms with Crippen LogP contribution in [0.5, 0.6) is 5.75 Å². The highest BCUT2D eigenvalue weighted by Crippen LogP contribution is 2.29. The Balaban J connectivity index is 1.16. The molecule has 2 amide bonds. The summed E-state index contributed by atoms with van der Waals surface area (Å²) in [5.74, 6) is -0.281. The van der Waals surface area contributed by atoms with Crippen LogP contribution in [0, 0.1) is 11.8 Å². The van der Waals surface area contributed by atoms with Crippen molar-refractivity contribution in [3.05, 3.63) is 77.9 Å². The first-order valence-corrected chi connectivity index (χ1v) is 12.0. The van der Waals surface area contributed by atoms with Gasteiger partial charge in [-0.2, -0.15) is 0 Å². The Labute approximate surface area is 204 Å². The number of nitrogens with one attached hydrogen (secondary N) is 2. The molecule has 0 heterocycles. The van der Waals surface area contributed by atoms with E-state index >= 15 is 0 Å². The highest BCUT2D eigenvalue weighted by molar-refractivity contribution is 5.98. The van der Waals surface area contributed by atoms with Crippen molar-refractivity contribution in [1.82, 2.24) is 10.6 Å². The number of hydrogen-bond acceptors (Lipinski definition) is 4. The van der Waals surface area contributed by atoms with Crippen LogP contribution in [0.25, 0.3) is 10.8 Å². The Kier molecular flexibility index (Phi) is 7.98. The minimum Gasteiger partial charge on any atom is -0.493 e. The normalized spacial score (nSPS) is 17.5. The Morgan fingerprint density at radius 2 is 1.37 bits per heavy atom. The van der Waals surface area contributed by atoms with Gasteiger partial charge in [0.05, 0.1) is 12.5 Å². The molecule has 0 radical (unpaired) electrons. The zero-order chi connectivity index (χ0) is 24.6. The lowest BCUT2D eigenvalue weighted by Gasteiger charge is -2.25. The Morgan fingerprint density at radius 1 is 0.771 bits per heavy atom. The number of aliphatic carboxylic acids is 1. The van der Waals surface area contributed by atoms with E-state index in [1.54, 1.807) is 30.3 Å². The van der Waals surface area contributed by atoms with Crippen molar-refractivity contribution in [2.45, 2.75) is 25.7 Å². The third kappa shape index (κ3) is 6.59. The molecule has 35 heavy (non-hydrogen) atoms. The quantitative estimate of drug-likeness (QED) is 0.402. The van der Waals surface area contributed by atoms with E-state index in [0.717, 1.165) is 23.6 Å². The van der Waals surface area contributed by atoms with Crippen LogP contribution < -0.4 is 15.4 Å². The summed E-state index contributed by atoms with van der Waals surface area (Å²) in [5, 5.41) is 16.8. The van der Waals surface area contributed by atoms with Crippen molar-refractivity contribution in [2.24, 2.45) is 11.8 Å². The minimum absolute atomic E-state index is 0.178. The molecular formula is C28H30N2O5. The van der Waals surface area contributed by atoms with Gasteiger partial charge in [-0.15, -0.1) is 0 Å². The van der Waals surface area contributed by atoms with Gasteiger partial charge in [0.15, 0.2) is 0 Å². The molecule has 0 aliphatic heterocycles. The van der Waals surface area contributed by atoms with Gasteiger partial charge in [-0.25, -0.2) is 0 Å². The molecule has 1 aliphatic carbocycles. The Morgan fingerprint density at radius 3 is 2.03 bits per heavy atom. The summed E-state index contributed by atoms with van der Waals surface area (Å²) in [6.45, 7) is 1.19. The van der Waals surface area contributed by atoms with Crippen molar-refractivity contribution < 1.29 is 24.2 Å². The number of ether oxygens (including phenoxy) is 1. The minimum atomic E-state index is -0.703. The summed E-state index contributed by atoms with van der Waals surface area (Å²) in [6.07, 6.45) is 3.11. The molecule has 0 spiro atoms. The molecule has 0 unspecified atom stereocenters. The molecule has 0 saturated heterocycles. The van der Waals surface area contributed by atoms with E-state index in [9.17, 15) is 14.4 Å². The molecule has 3 N–H and O–H groups in total. The summed E-state index contributed by atoms with van der Waals surface area (Å²) >= 11 is 0. The molecular weight excluding hydrogens is 444 g/mol. The third-order valence-electron chi connectivity index (χ3n) is 6.51. The van der Waals surface area contributed by atoms with Gasteiger partial charge in [-0.05, 0) is 78.8 Å². The molecule has 182 valence electrons. The number of carbonyl (C=O) groups is 3. The molecule has 0 atom stereocenters. The maximum absolute atomic E-state index is 12.4. The van der Waals surface area contributed by atoms with Crippen LogP contribution >= 0.6 is 0 Å². The van der Waals surface area contributed by atoms with Crippen LogP contribution in [0.4, 0.5) is 0 Å². The van der Waals surface area contributed by atoms with Crippen LogP contribution in [0.15, 0.2) is 66.7 Å². The molecule has 7 nitrogen and oxygen atoms in total. The fraction of sp³-hybridized carbons (Fsp3) is 0.321. The highest BCUT2D eigenvalue weighted by Gasteiger charge is 2.26. The smallest absolute Gasteiger partial charge is 0.306 e. The van der Waals surface area contributed by atoms with E-state index in [0.29, 0.717) is 55.3 Å². The largest absolute Gasteiger partial charge is 0.493 e. The second-order valence-corrected chi connectivity index (χ2v) is 8.97. The lowest BCUT2D eigenvalue weighted by molar-refractivity contribution is -0.143. The molecule has 3 aromatic carbocycles. The average Bonchev–Trinajstić information content (AvgIpc) is 2.90. The molecule has 4 rings (SSSR count). The zero-order valence-electron chi connectivity index (χ0n) is 19.5. The summed E-state index contributed by atoms with van der Waals surface area (Å²) in [5.41, 5.74) is 1.10. The van der Waals surface area contributed by atoms with Crippen LogP contribution in [0.2, 0.25) is 0 Å². The molecule has 0 aromatic heterocycles. The Hall–Kier alpha value is -3.87. The number of carbonyl (C=O) groups excluding carboxylic acids is 2. The number of benzene rings is 3. The lowest BCUT2D eigenvalue weighted by Crippen LogP contribution is -2.34. The van der Waals surface area contributed by atoms with Gasteiger partial charge in [0, 0.05) is 24.2 Å². The second-order valence-electron chi connectivity index (χ2n) is 8.97. The Bertz CT molecular complexity index is 1180. The number of carboxylic acid groups (broad SMARTS) is 1. The van der Waals surface area contributed by atoms with Gasteiger partial charge < -0.3 is 20.5 Å². The van der Waals surface area contributed by atoms with Crippen LogP contribution in [0.1, 0.15) is 46.4 Å². The number of fused-ring (bicyclic) bond motifs is 1. The van der Waals surface area contributed by atoms with E-state index in [1.165, 1.54) is 0 Å². The molecule has 7 heteroatoms. The second kappa shape index (κ2) is 11.5. The van der Waals surface area contributed by atoms with E-state index in [2.05, 4.69) is 10.6 Å². The van der Waals surface area contributed by atoms with Crippen molar-refractivity contribution >= 4 is 28.6 Å². The summed E-state index contributed by atoms with van der Waals surface area (Å²) in [4.78, 5) is 35.8. The highest BCUT2D eigenvalue weighted by atomic mass is 16.5. The molecule has 1 aliphatic rings. The van der Waals surface area contributed by atoms with Crippen LogP contribution in [-0.2, 0) is 4.79 Å².